The number of hydrogen-bond donors (Lipinski definition) is 0. The van der Waals surface area contributed by atoms with Gasteiger partial charge in [0.1, 0.15) is 5.82 Å². The molecule has 0 atom stereocenters. The number of nitrogens with zero attached hydrogens (tertiary/aromatic N) is 5. The standard InChI is InChI=1S/C17H23N5O2/c1-4-24-17(23)22-11-9-21(10-12-22)16-18-14-8-6-5-7-13(14)15(19-16)20(2)3/h5-8H,4,9-12H2,1-3H3. The number of para-hydroxylation sites is 1. The smallest absolute Gasteiger partial charge is 0.409 e. The van der Waals surface area contributed by atoms with Crippen LogP contribution in [0.2, 0.25) is 0 Å². The maximum absolute atomic E-state index is 11.8. The van der Waals surface area contributed by atoms with Gasteiger partial charge in [0.25, 0.3) is 0 Å². The van der Waals surface area contributed by atoms with Crippen molar-refractivity contribution in [1.82, 2.24) is 14.9 Å². The first-order chi connectivity index (χ1) is 11.6. The van der Waals surface area contributed by atoms with Crippen LogP contribution in [0.5, 0.6) is 0 Å². The zero-order valence-corrected chi connectivity index (χ0v) is 14.4. The molecule has 128 valence electrons. The predicted molar refractivity (Wildman–Crippen MR) is 94.7 cm³/mol. The summed E-state index contributed by atoms with van der Waals surface area (Å²) in [5.41, 5.74) is 0.930. The lowest BCUT2D eigenvalue weighted by atomic mass is 10.2. The molecule has 1 aromatic heterocycles. The predicted octanol–water partition coefficient (Wildman–Crippen LogP) is 1.97. The Hall–Kier alpha value is -2.57. The molecule has 2 aromatic rings. The Bertz CT molecular complexity index is 726. The summed E-state index contributed by atoms with van der Waals surface area (Å²) in [4.78, 5) is 27.1. The molecule has 3 rings (SSSR count). The highest BCUT2D eigenvalue weighted by atomic mass is 16.6. The van der Waals surface area contributed by atoms with Crippen LogP contribution in [0.25, 0.3) is 10.9 Å². The summed E-state index contributed by atoms with van der Waals surface area (Å²) in [5, 5.41) is 1.04. The minimum atomic E-state index is -0.245. The van der Waals surface area contributed by atoms with Gasteiger partial charge in [-0.15, -0.1) is 0 Å². The van der Waals surface area contributed by atoms with Crippen molar-refractivity contribution in [3.8, 4) is 0 Å². The molecular weight excluding hydrogens is 306 g/mol. The van der Waals surface area contributed by atoms with Crippen molar-refractivity contribution < 1.29 is 9.53 Å². The fourth-order valence-corrected chi connectivity index (χ4v) is 2.83. The van der Waals surface area contributed by atoms with E-state index in [2.05, 4.69) is 4.90 Å². The van der Waals surface area contributed by atoms with Crippen LogP contribution in [0.3, 0.4) is 0 Å². The molecule has 0 radical (unpaired) electrons. The molecule has 1 amide bonds. The van der Waals surface area contributed by atoms with Gasteiger partial charge in [-0.3, -0.25) is 0 Å². The van der Waals surface area contributed by atoms with E-state index < -0.39 is 0 Å². The Morgan fingerprint density at radius 1 is 1.17 bits per heavy atom. The van der Waals surface area contributed by atoms with Crippen LogP contribution in [0.15, 0.2) is 24.3 Å². The highest BCUT2D eigenvalue weighted by Crippen LogP contribution is 2.25. The molecule has 0 N–H and O–H groups in total. The second kappa shape index (κ2) is 6.90. The Morgan fingerprint density at radius 2 is 1.88 bits per heavy atom. The van der Waals surface area contributed by atoms with Crippen molar-refractivity contribution in [1.29, 1.82) is 0 Å². The lowest BCUT2D eigenvalue weighted by Crippen LogP contribution is -2.49. The Balaban J connectivity index is 1.82. The van der Waals surface area contributed by atoms with E-state index in [9.17, 15) is 4.79 Å². The first kappa shape index (κ1) is 16.3. The summed E-state index contributed by atoms with van der Waals surface area (Å²) in [6.45, 7) is 4.85. The van der Waals surface area contributed by atoms with Gasteiger partial charge in [0.15, 0.2) is 0 Å². The van der Waals surface area contributed by atoms with E-state index in [0.29, 0.717) is 38.7 Å². The monoisotopic (exact) mass is 329 g/mol. The van der Waals surface area contributed by atoms with Gasteiger partial charge in [-0.05, 0) is 19.1 Å². The number of fused-ring (bicyclic) bond motifs is 1. The Labute approximate surface area is 141 Å². The molecule has 2 heterocycles. The number of hydrogen-bond acceptors (Lipinski definition) is 6. The first-order valence-corrected chi connectivity index (χ1v) is 8.21. The van der Waals surface area contributed by atoms with E-state index in [1.807, 2.05) is 50.2 Å². The topological polar surface area (TPSA) is 61.8 Å². The molecule has 0 aliphatic carbocycles. The number of rotatable bonds is 3. The number of benzene rings is 1. The lowest BCUT2D eigenvalue weighted by Gasteiger charge is -2.34. The molecule has 0 spiro atoms. The van der Waals surface area contributed by atoms with Crippen LogP contribution in [-0.4, -0.2) is 67.8 Å². The average Bonchev–Trinajstić information content (AvgIpc) is 2.61. The van der Waals surface area contributed by atoms with E-state index in [1.165, 1.54) is 0 Å². The summed E-state index contributed by atoms with van der Waals surface area (Å²) in [7, 11) is 3.97. The number of carbonyl (C=O) groups is 1. The number of amides is 1. The van der Waals surface area contributed by atoms with Gasteiger partial charge in [-0.1, -0.05) is 12.1 Å². The van der Waals surface area contributed by atoms with Crippen LogP contribution in [0, 0.1) is 0 Å². The molecule has 1 aliphatic heterocycles. The van der Waals surface area contributed by atoms with Crippen LogP contribution < -0.4 is 9.80 Å². The van der Waals surface area contributed by atoms with Gasteiger partial charge in [-0.25, -0.2) is 9.78 Å². The Kier molecular flexibility index (Phi) is 4.69. The summed E-state index contributed by atoms with van der Waals surface area (Å²) in [5.74, 6) is 1.62. The maximum Gasteiger partial charge on any atom is 0.409 e. The van der Waals surface area contributed by atoms with E-state index >= 15 is 0 Å². The van der Waals surface area contributed by atoms with Crippen molar-refractivity contribution in [2.75, 3.05) is 56.7 Å². The third kappa shape index (κ3) is 3.20. The molecular formula is C17H23N5O2. The van der Waals surface area contributed by atoms with Crippen LogP contribution in [-0.2, 0) is 4.74 Å². The van der Waals surface area contributed by atoms with Gasteiger partial charge in [0, 0.05) is 45.7 Å². The van der Waals surface area contributed by atoms with Gasteiger partial charge >= 0.3 is 6.09 Å². The molecule has 7 heteroatoms. The number of piperazine rings is 1. The van der Waals surface area contributed by atoms with Crippen molar-refractivity contribution in [2.45, 2.75) is 6.92 Å². The Morgan fingerprint density at radius 3 is 2.54 bits per heavy atom. The molecule has 1 aromatic carbocycles. The minimum Gasteiger partial charge on any atom is -0.450 e. The fraction of sp³-hybridized carbons (Fsp3) is 0.471. The van der Waals surface area contributed by atoms with E-state index in [1.54, 1.807) is 4.90 Å². The maximum atomic E-state index is 11.8. The van der Waals surface area contributed by atoms with E-state index in [4.69, 9.17) is 14.7 Å². The SMILES string of the molecule is CCOC(=O)N1CCN(c2nc(N(C)C)c3ccccc3n2)CC1. The third-order valence-corrected chi connectivity index (χ3v) is 4.08. The second-order valence-electron chi connectivity index (χ2n) is 5.93. The summed E-state index contributed by atoms with van der Waals surface area (Å²) in [6.07, 6.45) is -0.245. The van der Waals surface area contributed by atoms with Gasteiger partial charge in [-0.2, -0.15) is 4.98 Å². The van der Waals surface area contributed by atoms with Crippen LogP contribution in [0.4, 0.5) is 16.6 Å². The zero-order valence-electron chi connectivity index (χ0n) is 14.4. The summed E-state index contributed by atoms with van der Waals surface area (Å²) >= 11 is 0. The van der Waals surface area contributed by atoms with Gasteiger partial charge < -0.3 is 19.4 Å². The lowest BCUT2D eigenvalue weighted by molar-refractivity contribution is 0.105. The van der Waals surface area contributed by atoms with E-state index in [-0.39, 0.29) is 6.09 Å². The number of aromatic nitrogens is 2. The first-order valence-electron chi connectivity index (χ1n) is 8.21. The normalized spacial score (nSPS) is 14.8. The van der Waals surface area contributed by atoms with Gasteiger partial charge in [0.05, 0.1) is 12.1 Å². The molecule has 0 saturated carbocycles. The highest BCUT2D eigenvalue weighted by Gasteiger charge is 2.24. The van der Waals surface area contributed by atoms with E-state index in [0.717, 1.165) is 16.7 Å². The van der Waals surface area contributed by atoms with Gasteiger partial charge in [0.2, 0.25) is 5.95 Å². The molecule has 7 nitrogen and oxygen atoms in total. The van der Waals surface area contributed by atoms with Crippen molar-refractivity contribution in [2.24, 2.45) is 0 Å². The number of carbonyl (C=O) groups excluding carboxylic acids is 1. The summed E-state index contributed by atoms with van der Waals surface area (Å²) < 4.78 is 5.06. The highest BCUT2D eigenvalue weighted by molar-refractivity contribution is 5.90. The number of anilines is 2. The molecule has 0 unspecified atom stereocenters. The quantitative estimate of drug-likeness (QED) is 0.858. The molecule has 1 saturated heterocycles. The summed E-state index contributed by atoms with van der Waals surface area (Å²) in [6, 6.07) is 8.02. The van der Waals surface area contributed by atoms with Crippen LogP contribution in [0.1, 0.15) is 6.92 Å². The van der Waals surface area contributed by atoms with Crippen molar-refractivity contribution in [3.63, 3.8) is 0 Å². The molecule has 0 bridgehead atoms. The second-order valence-corrected chi connectivity index (χ2v) is 5.93. The minimum absolute atomic E-state index is 0.245. The van der Waals surface area contributed by atoms with Crippen molar-refractivity contribution >= 4 is 28.8 Å². The molecule has 24 heavy (non-hydrogen) atoms. The van der Waals surface area contributed by atoms with Crippen molar-refractivity contribution in [3.05, 3.63) is 24.3 Å². The zero-order chi connectivity index (χ0) is 17.1. The largest absolute Gasteiger partial charge is 0.450 e. The third-order valence-electron chi connectivity index (χ3n) is 4.08. The average molecular weight is 329 g/mol. The van der Waals surface area contributed by atoms with Crippen LogP contribution >= 0.6 is 0 Å². The fourth-order valence-electron chi connectivity index (χ4n) is 2.83. The number of ether oxygens (including phenoxy) is 1. The molecule has 1 aliphatic rings. The molecule has 1 fully saturated rings.